The summed E-state index contributed by atoms with van der Waals surface area (Å²) in [6, 6.07) is 4.15. The monoisotopic (exact) mass is 265 g/mol. The van der Waals surface area contributed by atoms with Crippen molar-refractivity contribution in [1.82, 2.24) is 4.98 Å². The molecular weight excluding hydrogens is 242 g/mol. The first-order chi connectivity index (χ1) is 8.49. The molecule has 1 rings (SSSR count). The molecule has 0 radical (unpaired) electrons. The lowest BCUT2D eigenvalue weighted by molar-refractivity contribution is 0.520. The van der Waals surface area contributed by atoms with Gasteiger partial charge >= 0.3 is 0 Å². The minimum Gasteiger partial charge on any atom is -0.389 e. The first-order valence-corrected chi connectivity index (χ1v) is 6.92. The Morgan fingerprint density at radius 2 is 2.11 bits per heavy atom. The second-order valence-electron chi connectivity index (χ2n) is 5.16. The van der Waals surface area contributed by atoms with Crippen molar-refractivity contribution in [3.8, 4) is 0 Å². The zero-order valence-electron chi connectivity index (χ0n) is 11.4. The van der Waals surface area contributed by atoms with Crippen LogP contribution in [0.4, 0.5) is 5.82 Å². The Morgan fingerprint density at radius 3 is 2.72 bits per heavy atom. The molecule has 0 aliphatic heterocycles. The number of hydrogen-bond donors (Lipinski definition) is 2. The van der Waals surface area contributed by atoms with E-state index in [0.717, 1.165) is 23.7 Å². The first-order valence-electron chi connectivity index (χ1n) is 6.51. The van der Waals surface area contributed by atoms with Crippen LogP contribution < -0.4 is 11.1 Å². The van der Waals surface area contributed by atoms with Gasteiger partial charge in [-0.05, 0) is 31.4 Å². The molecule has 3 N–H and O–H groups in total. The largest absolute Gasteiger partial charge is 0.389 e. The van der Waals surface area contributed by atoms with E-state index in [2.05, 4.69) is 31.1 Å². The zero-order chi connectivity index (χ0) is 13.5. The van der Waals surface area contributed by atoms with E-state index in [1.165, 1.54) is 12.8 Å². The smallest absolute Gasteiger partial charge is 0.126 e. The van der Waals surface area contributed by atoms with Gasteiger partial charge in [-0.25, -0.2) is 4.98 Å². The second-order valence-corrected chi connectivity index (χ2v) is 5.60. The van der Waals surface area contributed by atoms with E-state index in [-0.39, 0.29) is 0 Å². The Balaban J connectivity index is 2.46. The standard InChI is InChI=1S/C14H23N3S/c1-10(2)5-4-6-11(3)17-13-9-12(14(15)18)7-8-16-13/h7-11H,4-6H2,1-3H3,(H2,15,18)(H,16,17). The number of pyridine rings is 1. The van der Waals surface area contributed by atoms with Gasteiger partial charge in [-0.1, -0.05) is 38.9 Å². The first kappa shape index (κ1) is 14.9. The summed E-state index contributed by atoms with van der Waals surface area (Å²) in [4.78, 5) is 4.69. The quantitative estimate of drug-likeness (QED) is 0.742. The molecule has 1 unspecified atom stereocenters. The van der Waals surface area contributed by atoms with E-state index < -0.39 is 0 Å². The highest BCUT2D eigenvalue weighted by Gasteiger charge is 2.05. The van der Waals surface area contributed by atoms with Crippen molar-refractivity contribution >= 4 is 23.0 Å². The molecule has 0 spiro atoms. The van der Waals surface area contributed by atoms with E-state index in [1.54, 1.807) is 6.20 Å². The fourth-order valence-corrected chi connectivity index (χ4v) is 1.95. The molecular formula is C14H23N3S. The minimum absolute atomic E-state index is 0.410. The van der Waals surface area contributed by atoms with Crippen LogP contribution in [0.2, 0.25) is 0 Å². The van der Waals surface area contributed by atoms with Gasteiger partial charge in [0.05, 0.1) is 0 Å². The van der Waals surface area contributed by atoms with Crippen LogP contribution in [0.3, 0.4) is 0 Å². The number of rotatable bonds is 7. The van der Waals surface area contributed by atoms with Crippen LogP contribution in [0.1, 0.15) is 45.6 Å². The van der Waals surface area contributed by atoms with Gasteiger partial charge in [0.25, 0.3) is 0 Å². The molecule has 0 bridgehead atoms. The topological polar surface area (TPSA) is 50.9 Å². The molecule has 0 aliphatic rings. The van der Waals surface area contributed by atoms with Crippen molar-refractivity contribution in [3.05, 3.63) is 23.9 Å². The van der Waals surface area contributed by atoms with E-state index in [9.17, 15) is 0 Å². The number of nitrogens with two attached hydrogens (primary N) is 1. The van der Waals surface area contributed by atoms with E-state index >= 15 is 0 Å². The number of hydrogen-bond acceptors (Lipinski definition) is 3. The van der Waals surface area contributed by atoms with Gasteiger partial charge in [-0.2, -0.15) is 0 Å². The Morgan fingerprint density at radius 1 is 1.39 bits per heavy atom. The summed E-state index contributed by atoms with van der Waals surface area (Å²) in [6.07, 6.45) is 5.39. The highest BCUT2D eigenvalue weighted by atomic mass is 32.1. The third kappa shape index (κ3) is 5.45. The Kier molecular flexibility index (Phi) is 6.05. The Bertz CT molecular complexity index is 390. The average molecular weight is 265 g/mol. The number of thiocarbonyl (C=S) groups is 1. The summed E-state index contributed by atoms with van der Waals surface area (Å²) >= 11 is 4.96. The van der Waals surface area contributed by atoms with E-state index in [4.69, 9.17) is 18.0 Å². The van der Waals surface area contributed by atoms with Gasteiger partial charge < -0.3 is 11.1 Å². The van der Waals surface area contributed by atoms with Crippen molar-refractivity contribution in [2.75, 3.05) is 5.32 Å². The van der Waals surface area contributed by atoms with Crippen molar-refractivity contribution in [2.24, 2.45) is 11.7 Å². The molecule has 18 heavy (non-hydrogen) atoms. The van der Waals surface area contributed by atoms with Gasteiger partial charge in [0, 0.05) is 17.8 Å². The molecule has 0 saturated carbocycles. The molecule has 0 fully saturated rings. The fourth-order valence-electron chi connectivity index (χ4n) is 1.82. The van der Waals surface area contributed by atoms with Crippen LogP contribution in [0.15, 0.2) is 18.3 Å². The summed E-state index contributed by atoms with van der Waals surface area (Å²) < 4.78 is 0. The van der Waals surface area contributed by atoms with Gasteiger partial charge in [-0.15, -0.1) is 0 Å². The maximum absolute atomic E-state index is 5.60. The van der Waals surface area contributed by atoms with Gasteiger partial charge in [0.2, 0.25) is 0 Å². The number of nitrogens with zero attached hydrogens (tertiary/aromatic N) is 1. The van der Waals surface area contributed by atoms with Crippen molar-refractivity contribution in [2.45, 2.75) is 46.1 Å². The third-order valence-electron chi connectivity index (χ3n) is 2.86. The molecule has 0 amide bonds. The molecule has 0 aliphatic carbocycles. The predicted molar refractivity (Wildman–Crippen MR) is 81.9 cm³/mol. The van der Waals surface area contributed by atoms with E-state index in [1.807, 2.05) is 12.1 Å². The maximum atomic E-state index is 5.60. The Hall–Kier alpha value is -1.16. The lowest BCUT2D eigenvalue weighted by Gasteiger charge is -2.15. The molecule has 1 heterocycles. The SMILES string of the molecule is CC(C)CCCC(C)Nc1cc(C(N)=S)ccn1. The summed E-state index contributed by atoms with van der Waals surface area (Å²) in [5, 5.41) is 3.38. The van der Waals surface area contributed by atoms with Crippen LogP contribution in [-0.4, -0.2) is 16.0 Å². The van der Waals surface area contributed by atoms with Gasteiger partial charge in [0.1, 0.15) is 10.8 Å². The van der Waals surface area contributed by atoms with Crippen LogP contribution in [0.5, 0.6) is 0 Å². The lowest BCUT2D eigenvalue weighted by Crippen LogP contribution is -2.17. The summed E-state index contributed by atoms with van der Waals surface area (Å²) in [7, 11) is 0. The van der Waals surface area contributed by atoms with Gasteiger partial charge in [-0.3, -0.25) is 0 Å². The number of anilines is 1. The normalized spacial score (nSPS) is 12.4. The van der Waals surface area contributed by atoms with Crippen molar-refractivity contribution < 1.29 is 0 Å². The molecule has 1 aromatic heterocycles. The fraction of sp³-hybridized carbons (Fsp3) is 0.571. The van der Waals surface area contributed by atoms with Crippen LogP contribution in [0.25, 0.3) is 0 Å². The van der Waals surface area contributed by atoms with Crippen LogP contribution >= 0.6 is 12.2 Å². The average Bonchev–Trinajstić information content (AvgIpc) is 2.28. The zero-order valence-corrected chi connectivity index (χ0v) is 12.3. The molecule has 4 heteroatoms. The van der Waals surface area contributed by atoms with Crippen LogP contribution in [-0.2, 0) is 0 Å². The third-order valence-corrected chi connectivity index (χ3v) is 3.09. The summed E-state index contributed by atoms with van der Waals surface area (Å²) in [6.45, 7) is 6.69. The molecule has 0 saturated heterocycles. The van der Waals surface area contributed by atoms with Crippen LogP contribution in [0, 0.1) is 5.92 Å². The number of aromatic nitrogens is 1. The van der Waals surface area contributed by atoms with Crippen molar-refractivity contribution in [1.29, 1.82) is 0 Å². The Labute approximate surface area is 115 Å². The minimum atomic E-state index is 0.410. The summed E-state index contributed by atoms with van der Waals surface area (Å²) in [5.74, 6) is 1.62. The highest BCUT2D eigenvalue weighted by molar-refractivity contribution is 7.80. The molecule has 3 nitrogen and oxygen atoms in total. The molecule has 100 valence electrons. The number of nitrogens with one attached hydrogen (secondary N) is 1. The maximum Gasteiger partial charge on any atom is 0.126 e. The van der Waals surface area contributed by atoms with Gasteiger partial charge in [0.15, 0.2) is 0 Å². The lowest BCUT2D eigenvalue weighted by atomic mass is 10.0. The molecule has 0 aromatic carbocycles. The second kappa shape index (κ2) is 7.31. The molecule has 1 aromatic rings. The van der Waals surface area contributed by atoms with Crippen molar-refractivity contribution in [3.63, 3.8) is 0 Å². The summed E-state index contributed by atoms with van der Waals surface area (Å²) in [5.41, 5.74) is 6.46. The predicted octanol–water partition coefficient (Wildman–Crippen LogP) is 3.34. The van der Waals surface area contributed by atoms with E-state index in [0.29, 0.717) is 11.0 Å². The highest BCUT2D eigenvalue weighted by Crippen LogP contribution is 2.13. The molecule has 1 atom stereocenters.